The lowest BCUT2D eigenvalue weighted by Crippen LogP contribution is -2.25. The van der Waals surface area contributed by atoms with Crippen molar-refractivity contribution >= 4 is 9.92 Å². The van der Waals surface area contributed by atoms with E-state index < -0.39 is 9.92 Å². The zero-order valence-electron chi connectivity index (χ0n) is 5.52. The molecule has 0 saturated heterocycles. The van der Waals surface area contributed by atoms with E-state index in [9.17, 15) is 4.21 Å². The molecular weight excluding hydrogens is 136 g/mol. The molecule has 1 aliphatic rings. The van der Waals surface area contributed by atoms with Gasteiger partial charge in [0.25, 0.3) is 0 Å². The van der Waals surface area contributed by atoms with E-state index in [1.54, 1.807) is 6.92 Å². The van der Waals surface area contributed by atoms with Crippen LogP contribution in [0.15, 0.2) is 0 Å². The van der Waals surface area contributed by atoms with Crippen LogP contribution in [0.2, 0.25) is 0 Å². The summed E-state index contributed by atoms with van der Waals surface area (Å²) >= 11 is 0. The number of nitrogens with one attached hydrogen (secondary N) is 2. The molecule has 0 aromatic rings. The van der Waals surface area contributed by atoms with E-state index in [1.807, 2.05) is 0 Å². The van der Waals surface area contributed by atoms with Crippen molar-refractivity contribution in [3.8, 4) is 0 Å². The quantitative estimate of drug-likeness (QED) is 0.608. The van der Waals surface area contributed by atoms with Crippen LogP contribution in [0.4, 0.5) is 0 Å². The standard InChI is InChI=1S/C5H12N2OS/c1-2-9(6,8)7-5-3-4-5/h5H,2-4H2,1H3,(H2,6,7,8). The van der Waals surface area contributed by atoms with E-state index in [4.69, 9.17) is 4.78 Å². The summed E-state index contributed by atoms with van der Waals surface area (Å²) in [6.45, 7) is 1.77. The van der Waals surface area contributed by atoms with Crippen LogP contribution in [0.3, 0.4) is 0 Å². The molecule has 0 aliphatic heterocycles. The van der Waals surface area contributed by atoms with Crippen LogP contribution in [-0.2, 0) is 9.92 Å². The molecule has 9 heavy (non-hydrogen) atoms. The fraction of sp³-hybridized carbons (Fsp3) is 1.00. The van der Waals surface area contributed by atoms with Crippen LogP contribution in [0.25, 0.3) is 0 Å². The highest BCUT2D eigenvalue weighted by atomic mass is 32.2. The van der Waals surface area contributed by atoms with E-state index >= 15 is 0 Å². The second-order valence-electron chi connectivity index (χ2n) is 2.36. The summed E-state index contributed by atoms with van der Waals surface area (Å²) in [6.07, 6.45) is 2.19. The van der Waals surface area contributed by atoms with Gasteiger partial charge in [0.05, 0.1) is 0 Å². The van der Waals surface area contributed by atoms with Gasteiger partial charge in [0.15, 0.2) is 0 Å². The highest BCUT2D eigenvalue weighted by molar-refractivity contribution is 7.90. The maximum absolute atomic E-state index is 11.0. The molecule has 2 N–H and O–H groups in total. The highest BCUT2D eigenvalue weighted by Gasteiger charge is 2.23. The Hall–Kier alpha value is -0.0900. The first kappa shape index (κ1) is 7.02. The third-order valence-electron chi connectivity index (χ3n) is 1.34. The second kappa shape index (κ2) is 2.27. The minimum Gasteiger partial charge on any atom is -0.240 e. The highest BCUT2D eigenvalue weighted by Crippen LogP contribution is 2.19. The number of hydrogen-bond donors (Lipinski definition) is 2. The molecule has 1 saturated carbocycles. The van der Waals surface area contributed by atoms with Gasteiger partial charge in [0.1, 0.15) is 9.92 Å². The molecule has 0 aromatic heterocycles. The Balaban J connectivity index is 2.40. The third kappa shape index (κ3) is 2.32. The predicted molar refractivity (Wildman–Crippen MR) is 37.6 cm³/mol. The topological polar surface area (TPSA) is 53.0 Å². The molecule has 0 heterocycles. The minimum absolute atomic E-state index is 0.384. The van der Waals surface area contributed by atoms with Gasteiger partial charge in [-0.15, -0.1) is 0 Å². The Morgan fingerprint density at radius 3 is 2.67 bits per heavy atom. The fourth-order valence-electron chi connectivity index (χ4n) is 0.554. The Morgan fingerprint density at radius 1 is 1.78 bits per heavy atom. The van der Waals surface area contributed by atoms with Gasteiger partial charge >= 0.3 is 0 Å². The number of rotatable bonds is 3. The molecule has 3 nitrogen and oxygen atoms in total. The van der Waals surface area contributed by atoms with Gasteiger partial charge in [0.2, 0.25) is 0 Å². The summed E-state index contributed by atoms with van der Waals surface area (Å²) in [4.78, 5) is 0. The van der Waals surface area contributed by atoms with Crippen LogP contribution in [0.1, 0.15) is 19.8 Å². The van der Waals surface area contributed by atoms with Crippen molar-refractivity contribution in [1.29, 1.82) is 4.78 Å². The molecule has 4 heteroatoms. The Labute approximate surface area is 55.9 Å². The van der Waals surface area contributed by atoms with Gasteiger partial charge < -0.3 is 0 Å². The smallest absolute Gasteiger partial charge is 0.105 e. The lowest BCUT2D eigenvalue weighted by Gasteiger charge is -2.03. The molecule has 0 aromatic carbocycles. The lowest BCUT2D eigenvalue weighted by molar-refractivity contribution is 0.662. The zero-order chi connectivity index (χ0) is 6.91. The Morgan fingerprint density at radius 2 is 2.33 bits per heavy atom. The molecule has 1 rings (SSSR count). The second-order valence-corrected chi connectivity index (χ2v) is 4.52. The van der Waals surface area contributed by atoms with Crippen molar-refractivity contribution in [1.82, 2.24) is 4.72 Å². The first-order valence-electron chi connectivity index (χ1n) is 3.18. The number of hydrogen-bond acceptors (Lipinski definition) is 2. The first-order valence-corrected chi connectivity index (χ1v) is 4.90. The van der Waals surface area contributed by atoms with E-state index in [0.29, 0.717) is 11.8 Å². The Bertz CT molecular complexity index is 181. The summed E-state index contributed by atoms with van der Waals surface area (Å²) in [7, 11) is -2.41. The van der Waals surface area contributed by atoms with Crippen molar-refractivity contribution in [3.63, 3.8) is 0 Å². The summed E-state index contributed by atoms with van der Waals surface area (Å²) < 4.78 is 20.9. The molecule has 1 atom stereocenters. The van der Waals surface area contributed by atoms with E-state index in [1.165, 1.54) is 0 Å². The lowest BCUT2D eigenvalue weighted by atomic mass is 10.8. The molecular formula is C5H12N2OS. The summed E-state index contributed by atoms with van der Waals surface area (Å²) in [5.41, 5.74) is 0. The maximum Gasteiger partial charge on any atom is 0.105 e. The summed E-state index contributed by atoms with van der Waals surface area (Å²) in [5, 5.41) is 0. The first-order chi connectivity index (χ1) is 4.14. The average Bonchev–Trinajstić information content (AvgIpc) is 2.50. The fourth-order valence-corrected chi connectivity index (χ4v) is 1.49. The largest absolute Gasteiger partial charge is 0.240 e. The minimum atomic E-state index is -2.41. The van der Waals surface area contributed by atoms with Crippen molar-refractivity contribution in [3.05, 3.63) is 0 Å². The van der Waals surface area contributed by atoms with Gasteiger partial charge in [-0.1, -0.05) is 6.92 Å². The summed E-state index contributed by atoms with van der Waals surface area (Å²) in [5.74, 6) is 0.420. The van der Waals surface area contributed by atoms with Gasteiger partial charge in [-0.05, 0) is 12.8 Å². The predicted octanol–water partition coefficient (Wildman–Crippen LogP) is 0.720. The van der Waals surface area contributed by atoms with Gasteiger partial charge in [0, 0.05) is 11.8 Å². The van der Waals surface area contributed by atoms with Gasteiger partial charge in [-0.25, -0.2) is 13.7 Å². The zero-order valence-corrected chi connectivity index (χ0v) is 6.33. The monoisotopic (exact) mass is 148 g/mol. The van der Waals surface area contributed by atoms with Crippen molar-refractivity contribution in [2.24, 2.45) is 0 Å². The maximum atomic E-state index is 11.0. The van der Waals surface area contributed by atoms with Crippen LogP contribution in [0.5, 0.6) is 0 Å². The van der Waals surface area contributed by atoms with Crippen LogP contribution < -0.4 is 4.72 Å². The molecule has 0 spiro atoms. The molecule has 1 aliphatic carbocycles. The molecule has 1 unspecified atom stereocenters. The van der Waals surface area contributed by atoms with Crippen molar-refractivity contribution < 1.29 is 4.21 Å². The van der Waals surface area contributed by atoms with Crippen LogP contribution in [0, 0.1) is 4.78 Å². The van der Waals surface area contributed by atoms with E-state index in [-0.39, 0.29) is 0 Å². The van der Waals surface area contributed by atoms with Crippen LogP contribution in [-0.4, -0.2) is 16.0 Å². The third-order valence-corrected chi connectivity index (χ3v) is 2.87. The SMILES string of the molecule is CCS(=N)(=O)NC1CC1. The van der Waals surface area contributed by atoms with Gasteiger partial charge in [-0.2, -0.15) is 0 Å². The molecule has 0 radical (unpaired) electrons. The van der Waals surface area contributed by atoms with E-state index in [0.717, 1.165) is 12.8 Å². The summed E-state index contributed by atoms with van der Waals surface area (Å²) in [6, 6.07) is 0.384. The molecule has 54 valence electrons. The Kier molecular flexibility index (Phi) is 1.77. The average molecular weight is 148 g/mol. The molecule has 0 amide bonds. The van der Waals surface area contributed by atoms with Crippen molar-refractivity contribution in [2.45, 2.75) is 25.8 Å². The van der Waals surface area contributed by atoms with Gasteiger partial charge in [-0.3, -0.25) is 0 Å². The van der Waals surface area contributed by atoms with Crippen LogP contribution >= 0.6 is 0 Å². The van der Waals surface area contributed by atoms with Crippen molar-refractivity contribution in [2.75, 3.05) is 5.75 Å². The molecule has 0 bridgehead atoms. The normalized spacial score (nSPS) is 25.4. The van der Waals surface area contributed by atoms with E-state index in [2.05, 4.69) is 4.72 Å². The molecule has 1 fully saturated rings.